The molecule has 1 N–H and O–H groups in total. The van der Waals surface area contributed by atoms with E-state index in [2.05, 4.69) is 30.4 Å². The van der Waals surface area contributed by atoms with E-state index in [1.807, 2.05) is 24.8 Å². The van der Waals surface area contributed by atoms with Gasteiger partial charge < -0.3 is 10.2 Å². The van der Waals surface area contributed by atoms with E-state index in [9.17, 15) is 9.59 Å². The first kappa shape index (κ1) is 15.5. The zero-order chi connectivity index (χ0) is 15.5. The summed E-state index contributed by atoms with van der Waals surface area (Å²) in [7, 11) is 0. The van der Waals surface area contributed by atoms with Crippen LogP contribution in [0, 0.1) is 6.92 Å². The van der Waals surface area contributed by atoms with Gasteiger partial charge in [-0.25, -0.2) is 0 Å². The van der Waals surface area contributed by atoms with Crippen LogP contribution in [0.4, 0.5) is 0 Å². The Morgan fingerprint density at radius 1 is 1.33 bits per heavy atom. The van der Waals surface area contributed by atoms with Crippen molar-refractivity contribution in [1.29, 1.82) is 0 Å². The molecule has 0 spiro atoms. The molecule has 1 aromatic rings. The van der Waals surface area contributed by atoms with Gasteiger partial charge in [0.05, 0.1) is 0 Å². The Hall–Kier alpha value is -1.84. The van der Waals surface area contributed by atoms with E-state index in [1.165, 1.54) is 11.1 Å². The molecule has 1 heterocycles. The van der Waals surface area contributed by atoms with Gasteiger partial charge in [-0.3, -0.25) is 9.59 Å². The summed E-state index contributed by atoms with van der Waals surface area (Å²) in [4.78, 5) is 26.2. The number of hydrogen-bond donors (Lipinski definition) is 1. The lowest BCUT2D eigenvalue weighted by Crippen LogP contribution is -2.54. The minimum Gasteiger partial charge on any atom is -0.342 e. The SMILES string of the molecule is CCC1(C)NC(=O)CCN(CCc2cccc(C)c2)C1=O. The van der Waals surface area contributed by atoms with Crippen LogP contribution in [0.25, 0.3) is 0 Å². The van der Waals surface area contributed by atoms with Crippen LogP contribution in [0.5, 0.6) is 0 Å². The molecule has 4 heteroatoms. The molecule has 1 fully saturated rings. The maximum absolute atomic E-state index is 12.6. The van der Waals surface area contributed by atoms with Gasteiger partial charge in [0.25, 0.3) is 0 Å². The quantitative estimate of drug-likeness (QED) is 0.922. The average molecular weight is 288 g/mol. The maximum atomic E-state index is 12.6. The van der Waals surface area contributed by atoms with Crippen LogP contribution in [-0.2, 0) is 16.0 Å². The number of benzene rings is 1. The molecule has 1 aromatic carbocycles. The molecule has 21 heavy (non-hydrogen) atoms. The Kier molecular flexibility index (Phi) is 4.66. The Bertz CT molecular complexity index is 541. The number of carbonyl (C=O) groups is 2. The average Bonchev–Trinajstić information content (AvgIpc) is 2.56. The molecule has 1 unspecified atom stereocenters. The lowest BCUT2D eigenvalue weighted by Gasteiger charge is -2.31. The summed E-state index contributed by atoms with van der Waals surface area (Å²) >= 11 is 0. The van der Waals surface area contributed by atoms with Crippen LogP contribution in [0.1, 0.15) is 37.8 Å². The van der Waals surface area contributed by atoms with E-state index < -0.39 is 5.54 Å². The molecule has 0 bridgehead atoms. The van der Waals surface area contributed by atoms with Crippen molar-refractivity contribution in [3.8, 4) is 0 Å². The third kappa shape index (κ3) is 3.63. The molecule has 2 rings (SSSR count). The number of hydrogen-bond acceptors (Lipinski definition) is 2. The van der Waals surface area contributed by atoms with E-state index >= 15 is 0 Å². The smallest absolute Gasteiger partial charge is 0.248 e. The van der Waals surface area contributed by atoms with Crippen molar-refractivity contribution >= 4 is 11.8 Å². The fourth-order valence-corrected chi connectivity index (χ4v) is 2.70. The Morgan fingerprint density at radius 3 is 2.76 bits per heavy atom. The van der Waals surface area contributed by atoms with Gasteiger partial charge in [0.15, 0.2) is 0 Å². The van der Waals surface area contributed by atoms with Gasteiger partial charge in [-0.2, -0.15) is 0 Å². The minimum absolute atomic E-state index is 0.0310. The summed E-state index contributed by atoms with van der Waals surface area (Å²) in [5, 5.41) is 2.86. The molecule has 2 amide bonds. The highest BCUT2D eigenvalue weighted by molar-refractivity contribution is 5.93. The highest BCUT2D eigenvalue weighted by Crippen LogP contribution is 2.18. The monoisotopic (exact) mass is 288 g/mol. The van der Waals surface area contributed by atoms with E-state index in [0.717, 1.165) is 6.42 Å². The molecule has 1 atom stereocenters. The Balaban J connectivity index is 2.07. The largest absolute Gasteiger partial charge is 0.342 e. The number of rotatable bonds is 4. The molecule has 4 nitrogen and oxygen atoms in total. The summed E-state index contributed by atoms with van der Waals surface area (Å²) in [5.41, 5.74) is 1.69. The molecule has 114 valence electrons. The van der Waals surface area contributed by atoms with Gasteiger partial charge in [0.1, 0.15) is 5.54 Å². The summed E-state index contributed by atoms with van der Waals surface area (Å²) in [6.07, 6.45) is 1.81. The summed E-state index contributed by atoms with van der Waals surface area (Å²) in [5.74, 6) is -0.00532. The zero-order valence-electron chi connectivity index (χ0n) is 13.1. The van der Waals surface area contributed by atoms with Crippen LogP contribution in [-0.4, -0.2) is 35.3 Å². The van der Waals surface area contributed by atoms with Crippen molar-refractivity contribution in [2.24, 2.45) is 0 Å². The van der Waals surface area contributed by atoms with Crippen molar-refractivity contribution in [3.05, 3.63) is 35.4 Å². The minimum atomic E-state index is -0.764. The van der Waals surface area contributed by atoms with Gasteiger partial charge in [-0.15, -0.1) is 0 Å². The Labute approximate surface area is 126 Å². The van der Waals surface area contributed by atoms with Crippen LogP contribution in [0.2, 0.25) is 0 Å². The fraction of sp³-hybridized carbons (Fsp3) is 0.529. The van der Waals surface area contributed by atoms with Crippen molar-refractivity contribution < 1.29 is 9.59 Å². The van der Waals surface area contributed by atoms with Crippen molar-refractivity contribution in [2.45, 2.75) is 45.6 Å². The zero-order valence-corrected chi connectivity index (χ0v) is 13.1. The van der Waals surface area contributed by atoms with E-state index in [4.69, 9.17) is 0 Å². The molecular weight excluding hydrogens is 264 g/mol. The standard InChI is InChI=1S/C17H24N2O2/c1-4-17(3)16(21)19(11-9-15(20)18-17)10-8-14-7-5-6-13(2)12-14/h5-7,12H,4,8-11H2,1-3H3,(H,18,20). The predicted molar refractivity (Wildman–Crippen MR) is 82.9 cm³/mol. The molecular formula is C17H24N2O2. The van der Waals surface area contributed by atoms with E-state index in [0.29, 0.717) is 25.9 Å². The summed E-state index contributed by atoms with van der Waals surface area (Å²) in [6.45, 7) is 6.98. The van der Waals surface area contributed by atoms with Crippen LogP contribution < -0.4 is 5.32 Å². The lowest BCUT2D eigenvalue weighted by atomic mass is 9.97. The third-order valence-corrected chi connectivity index (χ3v) is 4.24. The number of nitrogens with one attached hydrogen (secondary N) is 1. The highest BCUT2D eigenvalue weighted by atomic mass is 16.2. The van der Waals surface area contributed by atoms with Gasteiger partial charge in [-0.1, -0.05) is 36.8 Å². The lowest BCUT2D eigenvalue weighted by molar-refractivity contribution is -0.138. The van der Waals surface area contributed by atoms with E-state index in [-0.39, 0.29) is 11.8 Å². The molecule has 0 saturated carbocycles. The Morgan fingerprint density at radius 2 is 2.10 bits per heavy atom. The highest BCUT2D eigenvalue weighted by Gasteiger charge is 2.38. The first-order valence-corrected chi connectivity index (χ1v) is 7.60. The van der Waals surface area contributed by atoms with Gasteiger partial charge >= 0.3 is 0 Å². The molecule has 0 radical (unpaired) electrons. The number of amides is 2. The maximum Gasteiger partial charge on any atom is 0.248 e. The number of carbonyl (C=O) groups excluding carboxylic acids is 2. The van der Waals surface area contributed by atoms with E-state index in [1.54, 1.807) is 0 Å². The second-order valence-electron chi connectivity index (χ2n) is 6.02. The molecule has 0 aromatic heterocycles. The predicted octanol–water partition coefficient (Wildman–Crippen LogP) is 2.05. The summed E-state index contributed by atoms with van der Waals surface area (Å²) < 4.78 is 0. The number of aryl methyl sites for hydroxylation is 1. The first-order chi connectivity index (χ1) is 9.94. The molecule has 1 aliphatic rings. The van der Waals surface area contributed by atoms with Gasteiger partial charge in [0, 0.05) is 19.5 Å². The fourth-order valence-electron chi connectivity index (χ4n) is 2.70. The van der Waals surface area contributed by atoms with Crippen LogP contribution in [0.3, 0.4) is 0 Å². The van der Waals surface area contributed by atoms with Crippen molar-refractivity contribution in [3.63, 3.8) is 0 Å². The van der Waals surface area contributed by atoms with Crippen LogP contribution >= 0.6 is 0 Å². The second kappa shape index (κ2) is 6.29. The normalized spacial score (nSPS) is 22.9. The van der Waals surface area contributed by atoms with Crippen LogP contribution in [0.15, 0.2) is 24.3 Å². The number of nitrogens with zero attached hydrogens (tertiary/aromatic N) is 1. The van der Waals surface area contributed by atoms with Gasteiger partial charge in [-0.05, 0) is 32.3 Å². The third-order valence-electron chi connectivity index (χ3n) is 4.24. The van der Waals surface area contributed by atoms with Crippen molar-refractivity contribution in [2.75, 3.05) is 13.1 Å². The first-order valence-electron chi connectivity index (χ1n) is 7.60. The molecule has 1 aliphatic heterocycles. The summed E-state index contributed by atoms with van der Waals surface area (Å²) in [6, 6.07) is 8.33. The van der Waals surface area contributed by atoms with Gasteiger partial charge in [0.2, 0.25) is 11.8 Å². The molecule has 0 aliphatic carbocycles. The topological polar surface area (TPSA) is 49.4 Å². The second-order valence-corrected chi connectivity index (χ2v) is 6.02. The molecule has 1 saturated heterocycles. The van der Waals surface area contributed by atoms with Crippen molar-refractivity contribution in [1.82, 2.24) is 10.2 Å².